The van der Waals surface area contributed by atoms with Gasteiger partial charge in [-0.05, 0) is 66.6 Å². The molecular weight excluding hydrogens is 743 g/mol. The molecule has 280 valence electrons. The van der Waals surface area contributed by atoms with Gasteiger partial charge in [0, 0.05) is 35.2 Å². The molecular formula is C36H28F7N7O3S. The topological polar surface area (TPSA) is 125 Å². The Balaban J connectivity index is 1.16. The van der Waals surface area contributed by atoms with Gasteiger partial charge in [0.25, 0.3) is 11.8 Å². The SMILES string of the molecule is CC1(O)CN(c2nc3nc([C@H](Cc4cc(F)cc(F)c4)NC(=O)Cn4nc(C(F)(F)F)c5c4C(F)(F)[C@@H]4C[C@H]54)c(-c4cccc5c4CNC5=O)cc3s2)C1. The van der Waals surface area contributed by atoms with Crippen LogP contribution in [0, 0.1) is 17.6 Å². The highest BCUT2D eigenvalue weighted by atomic mass is 32.1. The molecule has 1 saturated heterocycles. The van der Waals surface area contributed by atoms with Crippen LogP contribution in [0.5, 0.6) is 0 Å². The summed E-state index contributed by atoms with van der Waals surface area (Å²) in [6, 6.07) is 8.28. The minimum atomic E-state index is -5.04. The van der Waals surface area contributed by atoms with E-state index in [9.17, 15) is 36.6 Å². The summed E-state index contributed by atoms with van der Waals surface area (Å²) < 4.78 is 103. The van der Waals surface area contributed by atoms with Crippen molar-refractivity contribution in [2.24, 2.45) is 5.92 Å². The Bertz CT molecular complexity index is 2400. The van der Waals surface area contributed by atoms with Gasteiger partial charge in [-0.1, -0.05) is 23.5 Å². The Labute approximate surface area is 305 Å². The Hall–Kier alpha value is -5.10. The molecule has 1 saturated carbocycles. The van der Waals surface area contributed by atoms with E-state index in [0.717, 1.165) is 12.1 Å². The lowest BCUT2D eigenvalue weighted by Gasteiger charge is -2.43. The maximum atomic E-state index is 15.3. The van der Waals surface area contributed by atoms with Crippen LogP contribution in [0.1, 0.15) is 69.4 Å². The Morgan fingerprint density at radius 3 is 2.52 bits per heavy atom. The average Bonchev–Trinajstić information content (AvgIpc) is 3.31. The summed E-state index contributed by atoms with van der Waals surface area (Å²) in [5.41, 5.74) is -1.53. The largest absolute Gasteiger partial charge is 0.435 e. The van der Waals surface area contributed by atoms with Gasteiger partial charge in [0.1, 0.15) is 23.9 Å². The van der Waals surface area contributed by atoms with E-state index in [1.165, 1.54) is 11.3 Å². The van der Waals surface area contributed by atoms with Crippen molar-refractivity contribution in [3.8, 4) is 11.1 Å². The van der Waals surface area contributed by atoms with Gasteiger partial charge in [0.05, 0.1) is 35.1 Å². The third-order valence-corrected chi connectivity index (χ3v) is 11.4. The van der Waals surface area contributed by atoms with Crippen LogP contribution in [0.4, 0.5) is 35.9 Å². The maximum Gasteiger partial charge on any atom is 0.435 e. The zero-order chi connectivity index (χ0) is 38.1. The molecule has 2 aliphatic heterocycles. The number of anilines is 1. The lowest BCUT2D eigenvalue weighted by molar-refractivity contribution is -0.142. The second-order valence-corrected chi connectivity index (χ2v) is 15.6. The highest BCUT2D eigenvalue weighted by molar-refractivity contribution is 7.22. The van der Waals surface area contributed by atoms with Gasteiger partial charge in [0.15, 0.2) is 16.5 Å². The first kappa shape index (κ1) is 34.7. The van der Waals surface area contributed by atoms with Crippen molar-refractivity contribution in [1.82, 2.24) is 30.4 Å². The number of hydrogen-bond acceptors (Lipinski definition) is 8. The van der Waals surface area contributed by atoms with Crippen molar-refractivity contribution in [1.29, 1.82) is 0 Å². The summed E-state index contributed by atoms with van der Waals surface area (Å²) in [6.45, 7) is 1.44. The number of rotatable bonds is 8. The van der Waals surface area contributed by atoms with Gasteiger partial charge in [-0.2, -0.15) is 32.0 Å². The molecule has 54 heavy (non-hydrogen) atoms. The third kappa shape index (κ3) is 5.68. The standard InChI is InChI=1S/C36H28F7N7O3S/c1-34(53)13-49(14-34)33-47-31-25(54-33)10-20(18-3-2-4-19-22(18)11-44-32(19)52)28(46-31)24(7-15-5-16(37)8-17(38)6-15)45-26(51)12-50-30-27(29(48-50)36(41,42)43)21-9-23(21)35(30,39)40/h2-6,8,10,21,23-24,53H,7,9,11-14H2,1H3,(H,44,52)(H,45,51)/t21-,23+,24-/m0/s1. The molecule has 5 heterocycles. The number of nitrogens with one attached hydrogen (secondary N) is 2. The van der Waals surface area contributed by atoms with Crippen LogP contribution in [-0.2, 0) is 36.4 Å². The first-order valence-electron chi connectivity index (χ1n) is 17.0. The van der Waals surface area contributed by atoms with E-state index >= 15 is 8.78 Å². The van der Waals surface area contributed by atoms with Crippen LogP contribution < -0.4 is 15.5 Å². The van der Waals surface area contributed by atoms with Crippen molar-refractivity contribution in [2.75, 3.05) is 18.0 Å². The van der Waals surface area contributed by atoms with Gasteiger partial charge in [0.2, 0.25) is 5.91 Å². The smallest absolute Gasteiger partial charge is 0.386 e. The van der Waals surface area contributed by atoms with Crippen molar-refractivity contribution in [2.45, 2.75) is 62.5 Å². The molecule has 2 aliphatic carbocycles. The van der Waals surface area contributed by atoms with E-state index in [1.807, 2.05) is 4.90 Å². The van der Waals surface area contributed by atoms with Gasteiger partial charge in [-0.3, -0.25) is 14.3 Å². The molecule has 0 radical (unpaired) electrons. The summed E-state index contributed by atoms with van der Waals surface area (Å²) in [5, 5.41) is 19.8. The zero-order valence-corrected chi connectivity index (χ0v) is 28.9. The molecule has 4 aliphatic rings. The van der Waals surface area contributed by atoms with Crippen molar-refractivity contribution < 1.29 is 45.4 Å². The van der Waals surface area contributed by atoms with Crippen molar-refractivity contribution in [3.63, 3.8) is 0 Å². The summed E-state index contributed by atoms with van der Waals surface area (Å²) in [6.07, 6.45) is -5.46. The molecule has 2 aromatic carbocycles. The number of alkyl halides is 5. The van der Waals surface area contributed by atoms with Crippen molar-refractivity contribution >= 4 is 38.6 Å². The number of aromatic nitrogens is 4. The third-order valence-electron chi connectivity index (χ3n) is 10.4. The number of carbonyl (C=O) groups is 2. The number of pyridine rings is 1. The number of benzene rings is 2. The summed E-state index contributed by atoms with van der Waals surface area (Å²) in [5.74, 6) is -9.12. The zero-order valence-electron chi connectivity index (χ0n) is 28.1. The van der Waals surface area contributed by atoms with Crippen LogP contribution in [0.3, 0.4) is 0 Å². The van der Waals surface area contributed by atoms with E-state index in [-0.39, 0.29) is 42.2 Å². The molecule has 3 atom stereocenters. The van der Waals surface area contributed by atoms with E-state index < -0.39 is 76.6 Å². The fraction of sp³-hybridized carbons (Fsp3) is 0.361. The highest BCUT2D eigenvalue weighted by Gasteiger charge is 2.68. The van der Waals surface area contributed by atoms with Gasteiger partial charge in [-0.25, -0.2) is 13.8 Å². The second-order valence-electron chi connectivity index (χ2n) is 14.5. The second kappa shape index (κ2) is 11.7. The average molecular weight is 772 g/mol. The minimum absolute atomic E-state index is 0.0773. The minimum Gasteiger partial charge on any atom is -0.386 e. The monoisotopic (exact) mass is 771 g/mol. The number of hydrogen-bond donors (Lipinski definition) is 3. The molecule has 5 aromatic rings. The fourth-order valence-electron chi connectivity index (χ4n) is 8.05. The van der Waals surface area contributed by atoms with E-state index in [0.29, 0.717) is 55.9 Å². The van der Waals surface area contributed by atoms with Gasteiger partial charge >= 0.3 is 6.18 Å². The van der Waals surface area contributed by atoms with E-state index in [4.69, 9.17) is 4.98 Å². The molecule has 0 bridgehead atoms. The predicted octanol–water partition coefficient (Wildman–Crippen LogP) is 5.98. The molecule has 0 spiro atoms. The molecule has 2 amide bonds. The predicted molar refractivity (Wildman–Crippen MR) is 180 cm³/mol. The summed E-state index contributed by atoms with van der Waals surface area (Å²) in [7, 11) is 0. The van der Waals surface area contributed by atoms with Crippen LogP contribution in [0.15, 0.2) is 42.5 Å². The fourth-order valence-corrected chi connectivity index (χ4v) is 9.00. The van der Waals surface area contributed by atoms with Gasteiger partial charge < -0.3 is 20.6 Å². The number of halogens is 7. The molecule has 2 fully saturated rings. The normalized spacial score (nSPS) is 21.0. The Kier molecular flexibility index (Phi) is 7.51. The highest BCUT2D eigenvalue weighted by Crippen LogP contribution is 2.68. The number of aliphatic hydroxyl groups is 1. The first-order chi connectivity index (χ1) is 25.5. The number of fused-ring (bicyclic) bond motifs is 5. The number of nitrogens with zero attached hydrogens (tertiary/aromatic N) is 5. The number of thiazole rings is 1. The quantitative estimate of drug-likeness (QED) is 0.166. The van der Waals surface area contributed by atoms with E-state index in [1.54, 1.807) is 31.2 Å². The van der Waals surface area contributed by atoms with Crippen LogP contribution in [-0.4, -0.2) is 55.4 Å². The molecule has 3 N–H and O–H groups in total. The van der Waals surface area contributed by atoms with Crippen molar-refractivity contribution in [3.05, 3.63) is 93.4 Å². The Morgan fingerprint density at radius 1 is 1.09 bits per heavy atom. The molecule has 0 unspecified atom stereocenters. The van der Waals surface area contributed by atoms with Gasteiger partial charge in [-0.15, -0.1) is 0 Å². The summed E-state index contributed by atoms with van der Waals surface area (Å²) >= 11 is 1.29. The molecule has 9 rings (SSSR count). The summed E-state index contributed by atoms with van der Waals surface area (Å²) in [4.78, 5) is 37.9. The molecule has 18 heteroatoms. The molecule has 10 nitrogen and oxygen atoms in total. The molecule has 3 aromatic heterocycles. The number of carbonyl (C=O) groups excluding carboxylic acids is 2. The van der Waals surface area contributed by atoms with Crippen LogP contribution in [0.2, 0.25) is 0 Å². The lowest BCUT2D eigenvalue weighted by atomic mass is 9.91. The van der Waals surface area contributed by atoms with E-state index in [2.05, 4.69) is 20.7 Å². The van der Waals surface area contributed by atoms with Crippen LogP contribution >= 0.6 is 11.3 Å². The Morgan fingerprint density at radius 2 is 1.81 bits per heavy atom. The van der Waals surface area contributed by atoms with Crippen LogP contribution in [0.25, 0.3) is 21.5 Å². The first-order valence-corrected chi connectivity index (χ1v) is 17.8. The number of β-amino-alcohol motifs (C(OH)–C–C–N with tert-alkyl or cyclic N) is 1. The number of amides is 2. The maximum absolute atomic E-state index is 15.3. The lowest BCUT2D eigenvalue weighted by Crippen LogP contribution is -2.60.